The maximum absolute atomic E-state index is 14.9. The van der Waals surface area contributed by atoms with Crippen molar-refractivity contribution in [3.63, 3.8) is 0 Å². The van der Waals surface area contributed by atoms with Crippen LogP contribution in [-0.2, 0) is 9.53 Å². The fourth-order valence-electron chi connectivity index (χ4n) is 4.30. The highest BCUT2D eigenvalue weighted by Crippen LogP contribution is 2.38. The summed E-state index contributed by atoms with van der Waals surface area (Å²) in [5.41, 5.74) is 5.40. The smallest absolute Gasteiger partial charge is 0.340 e. The molecule has 4 N–H and O–H groups in total. The van der Waals surface area contributed by atoms with Crippen molar-refractivity contribution in [2.75, 3.05) is 12.4 Å². The summed E-state index contributed by atoms with van der Waals surface area (Å²) in [4.78, 5) is 24.8. The molecule has 1 aliphatic heterocycles. The molecule has 3 rings (SSSR count). The zero-order chi connectivity index (χ0) is 25.4. The molecule has 184 valence electrons. The lowest BCUT2D eigenvalue weighted by molar-refractivity contribution is -0.118. The highest BCUT2D eigenvalue weighted by atomic mass is 35.5. The number of ether oxygens (including phenoxy) is 1. The summed E-state index contributed by atoms with van der Waals surface area (Å²) in [6.45, 7) is 6.01. The minimum absolute atomic E-state index is 0.116. The van der Waals surface area contributed by atoms with E-state index in [9.17, 15) is 22.8 Å². The number of nitrogens with two attached hydrogens (primary N) is 1. The minimum atomic E-state index is -1.07. The average molecular weight is 498 g/mol. The minimum Gasteiger partial charge on any atom is -0.465 e. The van der Waals surface area contributed by atoms with Gasteiger partial charge < -0.3 is 21.1 Å². The second-order valence-corrected chi connectivity index (χ2v) is 9.96. The van der Waals surface area contributed by atoms with Gasteiger partial charge in [0, 0.05) is 24.1 Å². The maximum atomic E-state index is 14.9. The van der Waals surface area contributed by atoms with Crippen LogP contribution in [0, 0.1) is 22.9 Å². The Labute approximate surface area is 201 Å². The normalized spacial score (nSPS) is 22.5. The number of carbonyl (C=O) groups excluding carboxylic acids is 2. The highest BCUT2D eigenvalue weighted by Gasteiger charge is 2.47. The van der Waals surface area contributed by atoms with Crippen molar-refractivity contribution in [1.82, 2.24) is 5.32 Å². The van der Waals surface area contributed by atoms with Gasteiger partial charge in [0.05, 0.1) is 29.4 Å². The molecule has 0 spiro atoms. The van der Waals surface area contributed by atoms with Crippen LogP contribution in [0.3, 0.4) is 0 Å². The third-order valence-electron chi connectivity index (χ3n) is 5.81. The van der Waals surface area contributed by atoms with Crippen molar-refractivity contribution in [2.24, 2.45) is 11.1 Å². The molecule has 1 aliphatic rings. The lowest BCUT2D eigenvalue weighted by Crippen LogP contribution is -2.43. The van der Waals surface area contributed by atoms with Crippen molar-refractivity contribution in [1.29, 1.82) is 0 Å². The van der Waals surface area contributed by atoms with E-state index in [1.807, 2.05) is 20.8 Å². The number of rotatable bonds is 5. The van der Waals surface area contributed by atoms with Crippen LogP contribution in [0.5, 0.6) is 0 Å². The van der Waals surface area contributed by atoms with E-state index in [0.29, 0.717) is 18.6 Å². The zero-order valence-electron chi connectivity index (χ0n) is 19.2. The predicted octanol–water partition coefficient (Wildman–Crippen LogP) is 4.37. The van der Waals surface area contributed by atoms with Crippen LogP contribution in [0.25, 0.3) is 0 Å². The highest BCUT2D eigenvalue weighted by molar-refractivity contribution is 6.30. The van der Waals surface area contributed by atoms with Crippen LogP contribution in [0.4, 0.5) is 18.9 Å². The Morgan fingerprint density at radius 1 is 1.18 bits per heavy atom. The molecular formula is C24H27ClF3N3O3. The molecule has 6 nitrogen and oxygen atoms in total. The molecule has 1 saturated heterocycles. The van der Waals surface area contributed by atoms with Crippen molar-refractivity contribution in [2.45, 2.75) is 51.2 Å². The average Bonchev–Trinajstić information content (AvgIpc) is 3.06. The van der Waals surface area contributed by atoms with Gasteiger partial charge in [-0.2, -0.15) is 0 Å². The third-order valence-corrected chi connectivity index (χ3v) is 6.10. The summed E-state index contributed by atoms with van der Waals surface area (Å²) in [5.74, 6) is -5.41. The monoisotopic (exact) mass is 497 g/mol. The molecule has 4 unspecified atom stereocenters. The summed E-state index contributed by atoms with van der Waals surface area (Å²) in [6, 6.07) is 3.69. The van der Waals surface area contributed by atoms with Gasteiger partial charge in [0.2, 0.25) is 5.91 Å². The number of benzene rings is 2. The molecule has 0 radical (unpaired) electrons. The Morgan fingerprint density at radius 2 is 1.85 bits per heavy atom. The molecular weight excluding hydrogens is 471 g/mol. The van der Waals surface area contributed by atoms with E-state index in [0.717, 1.165) is 7.11 Å². The summed E-state index contributed by atoms with van der Waals surface area (Å²) >= 11 is 5.96. The second kappa shape index (κ2) is 9.93. The van der Waals surface area contributed by atoms with Crippen LogP contribution < -0.4 is 16.4 Å². The fraction of sp³-hybridized carbons (Fsp3) is 0.417. The molecule has 1 amide bonds. The van der Waals surface area contributed by atoms with E-state index in [1.54, 1.807) is 6.07 Å². The lowest BCUT2D eigenvalue weighted by Gasteiger charge is -2.27. The number of esters is 1. The number of nitrogens with one attached hydrogen (secondary N) is 2. The van der Waals surface area contributed by atoms with Gasteiger partial charge in [0.1, 0.15) is 17.5 Å². The number of carbonyl (C=O) groups is 2. The Kier molecular flexibility index (Phi) is 7.59. The van der Waals surface area contributed by atoms with E-state index in [-0.39, 0.29) is 22.0 Å². The number of amides is 1. The maximum Gasteiger partial charge on any atom is 0.340 e. The first kappa shape index (κ1) is 26.0. The van der Waals surface area contributed by atoms with Gasteiger partial charge >= 0.3 is 5.97 Å². The Hall–Kier alpha value is -2.62. The van der Waals surface area contributed by atoms with E-state index in [1.165, 1.54) is 12.1 Å². The number of methoxy groups -OCH3 is 1. The largest absolute Gasteiger partial charge is 0.465 e. The molecule has 2 aromatic carbocycles. The predicted molar refractivity (Wildman–Crippen MR) is 123 cm³/mol. The summed E-state index contributed by atoms with van der Waals surface area (Å²) < 4.78 is 48.2. The molecule has 1 fully saturated rings. The number of halogens is 4. The van der Waals surface area contributed by atoms with Crippen molar-refractivity contribution < 1.29 is 27.5 Å². The van der Waals surface area contributed by atoms with E-state index in [4.69, 9.17) is 17.3 Å². The van der Waals surface area contributed by atoms with Crippen LogP contribution in [0.2, 0.25) is 5.02 Å². The van der Waals surface area contributed by atoms with Crippen LogP contribution >= 0.6 is 11.6 Å². The second-order valence-electron chi connectivity index (χ2n) is 9.55. The molecule has 0 bridgehead atoms. The first-order chi connectivity index (χ1) is 15.8. The zero-order valence-corrected chi connectivity index (χ0v) is 20.0. The summed E-state index contributed by atoms with van der Waals surface area (Å²) in [6.07, 6.45) is 0.577. The molecule has 34 heavy (non-hydrogen) atoms. The summed E-state index contributed by atoms with van der Waals surface area (Å²) in [7, 11) is 1.04. The first-order valence-electron chi connectivity index (χ1n) is 10.7. The van der Waals surface area contributed by atoms with Gasteiger partial charge in [-0.3, -0.25) is 4.79 Å². The molecule has 4 atom stereocenters. The van der Waals surface area contributed by atoms with E-state index < -0.39 is 58.6 Å². The standard InChI is InChI=1S/C24H27ClF3N3O3/c1-24(2,3)10-17-20(29)18(11-6-5-7-13(25)19(11)28)21(30-17)22(32)31-16-9-14(26)12(8-15(16)27)23(33)34-4/h5-9,17-18,20-21,30H,10,29H2,1-4H3,(H,31,32). The molecule has 0 saturated carbocycles. The number of hydrogen-bond donors (Lipinski definition) is 3. The van der Waals surface area contributed by atoms with Crippen LogP contribution in [-0.4, -0.2) is 37.1 Å². The van der Waals surface area contributed by atoms with E-state index >= 15 is 0 Å². The van der Waals surface area contributed by atoms with Crippen molar-refractivity contribution >= 4 is 29.2 Å². The lowest BCUT2D eigenvalue weighted by atomic mass is 9.81. The molecule has 2 aromatic rings. The molecule has 10 heteroatoms. The third kappa shape index (κ3) is 5.37. The number of hydrogen-bond acceptors (Lipinski definition) is 5. The molecule has 0 aromatic heterocycles. The SMILES string of the molecule is COC(=O)c1cc(F)c(NC(=O)C2NC(CC(C)(C)C)C(N)C2c2cccc(Cl)c2F)cc1F. The van der Waals surface area contributed by atoms with Gasteiger partial charge in [-0.05, 0) is 29.5 Å². The van der Waals surface area contributed by atoms with Crippen molar-refractivity contribution in [3.05, 3.63) is 63.9 Å². The topological polar surface area (TPSA) is 93.4 Å². The Bertz CT molecular complexity index is 1110. The summed E-state index contributed by atoms with van der Waals surface area (Å²) in [5, 5.41) is 5.37. The Balaban J connectivity index is 1.96. The van der Waals surface area contributed by atoms with E-state index in [2.05, 4.69) is 15.4 Å². The first-order valence-corrected chi connectivity index (χ1v) is 11.1. The molecule has 0 aliphatic carbocycles. The van der Waals surface area contributed by atoms with Gasteiger partial charge in [0.25, 0.3) is 0 Å². The number of anilines is 1. The van der Waals surface area contributed by atoms with Gasteiger partial charge in [-0.25, -0.2) is 18.0 Å². The van der Waals surface area contributed by atoms with Crippen LogP contribution in [0.15, 0.2) is 30.3 Å². The van der Waals surface area contributed by atoms with Crippen molar-refractivity contribution in [3.8, 4) is 0 Å². The quantitative estimate of drug-likeness (QED) is 0.533. The fourth-order valence-corrected chi connectivity index (χ4v) is 4.48. The van der Waals surface area contributed by atoms with Gasteiger partial charge in [-0.1, -0.05) is 44.5 Å². The molecule has 1 heterocycles. The Morgan fingerprint density at radius 3 is 2.47 bits per heavy atom. The van der Waals surface area contributed by atoms with Gasteiger partial charge in [0.15, 0.2) is 0 Å². The van der Waals surface area contributed by atoms with Gasteiger partial charge in [-0.15, -0.1) is 0 Å². The van der Waals surface area contributed by atoms with Crippen LogP contribution in [0.1, 0.15) is 49.0 Å².